The summed E-state index contributed by atoms with van der Waals surface area (Å²) in [5, 5.41) is 0. The van der Waals surface area contributed by atoms with Gasteiger partial charge in [-0.1, -0.05) is 78.4 Å². The van der Waals surface area contributed by atoms with E-state index >= 15 is 0 Å². The van der Waals surface area contributed by atoms with E-state index in [-0.39, 0.29) is 22.9 Å². The third kappa shape index (κ3) is 5.64. The topological polar surface area (TPSA) is 82.6 Å². The maximum Gasteiger partial charge on any atom is 0.340 e. The molecule has 0 aliphatic heterocycles. The van der Waals surface area contributed by atoms with Gasteiger partial charge in [0.1, 0.15) is 11.5 Å². The van der Waals surface area contributed by atoms with Gasteiger partial charge in [0.15, 0.2) is 0 Å². The van der Waals surface area contributed by atoms with Crippen LogP contribution in [0.15, 0.2) is 102 Å². The molecule has 166 valence electrons. The number of hydrogen-bond donors (Lipinski definition) is 0. The third-order valence-corrected chi connectivity index (χ3v) is 6.06. The quantitative estimate of drug-likeness (QED) is 0.280. The first-order valence-electron chi connectivity index (χ1n) is 10.2. The summed E-state index contributed by atoms with van der Waals surface area (Å²) in [6.45, 7) is 1.94. The Balaban J connectivity index is 1.66. The van der Waals surface area contributed by atoms with E-state index in [1.54, 1.807) is 30.3 Å². The van der Waals surface area contributed by atoms with Crippen molar-refractivity contribution < 1.29 is 22.1 Å². The van der Waals surface area contributed by atoms with E-state index in [0.717, 1.165) is 11.1 Å². The van der Waals surface area contributed by atoms with E-state index < -0.39 is 16.1 Å². The lowest BCUT2D eigenvalue weighted by atomic mass is 10.1. The highest BCUT2D eigenvalue weighted by Crippen LogP contribution is 2.25. The van der Waals surface area contributed by atoms with E-state index in [9.17, 15) is 13.2 Å². The number of ether oxygens (including phenoxy) is 1. The summed E-state index contributed by atoms with van der Waals surface area (Å²) >= 11 is 0. The van der Waals surface area contributed by atoms with Gasteiger partial charge in [0.05, 0.1) is 11.3 Å². The Morgan fingerprint density at radius 1 is 0.848 bits per heavy atom. The smallest absolute Gasteiger partial charge is 0.340 e. The first-order valence-corrected chi connectivity index (χ1v) is 11.6. The molecule has 4 aromatic rings. The van der Waals surface area contributed by atoms with E-state index in [1.165, 1.54) is 18.2 Å². The molecule has 6 nitrogen and oxygen atoms in total. The lowest BCUT2D eigenvalue weighted by Crippen LogP contribution is -2.12. The molecule has 4 rings (SSSR count). The van der Waals surface area contributed by atoms with Gasteiger partial charge in [-0.05, 0) is 30.7 Å². The number of nitrogens with zero attached hydrogens (tertiary/aromatic N) is 1. The van der Waals surface area contributed by atoms with Crippen LogP contribution in [0, 0.1) is 6.92 Å². The Hall–Kier alpha value is -3.97. The number of benzene rings is 3. The fraction of sp³-hybridized carbons (Fsp3) is 0.0769. The number of carbonyl (C=O) groups is 1. The van der Waals surface area contributed by atoms with Crippen LogP contribution in [-0.4, -0.2) is 19.4 Å². The lowest BCUT2D eigenvalue weighted by molar-refractivity contribution is 0.0472. The van der Waals surface area contributed by atoms with Crippen LogP contribution in [0.5, 0.6) is 5.88 Å². The molecule has 0 bridgehead atoms. The van der Waals surface area contributed by atoms with Gasteiger partial charge in [-0.15, -0.1) is 0 Å². The van der Waals surface area contributed by atoms with Gasteiger partial charge in [-0.25, -0.2) is 9.78 Å². The Labute approximate surface area is 192 Å². The fourth-order valence-electron chi connectivity index (χ4n) is 3.09. The number of esters is 1. The van der Waals surface area contributed by atoms with Crippen LogP contribution in [0.1, 0.15) is 21.5 Å². The lowest BCUT2D eigenvalue weighted by Gasteiger charge is -2.11. The Morgan fingerprint density at radius 3 is 2.15 bits per heavy atom. The molecule has 0 saturated carbocycles. The van der Waals surface area contributed by atoms with E-state index in [0.29, 0.717) is 11.3 Å². The molecule has 0 N–H and O–H groups in total. The van der Waals surface area contributed by atoms with Crippen LogP contribution < -0.4 is 4.18 Å². The summed E-state index contributed by atoms with van der Waals surface area (Å²) in [6.07, 6.45) is 0. The van der Waals surface area contributed by atoms with Crippen molar-refractivity contribution in [2.75, 3.05) is 0 Å². The third-order valence-electron chi connectivity index (χ3n) is 4.82. The number of aromatic nitrogens is 1. The zero-order valence-corrected chi connectivity index (χ0v) is 18.7. The normalized spacial score (nSPS) is 11.1. The van der Waals surface area contributed by atoms with Gasteiger partial charge >= 0.3 is 16.1 Å². The van der Waals surface area contributed by atoms with Gasteiger partial charge in [0, 0.05) is 11.6 Å². The van der Waals surface area contributed by atoms with E-state index in [4.69, 9.17) is 8.92 Å². The van der Waals surface area contributed by atoms with Crippen molar-refractivity contribution in [1.82, 2.24) is 4.98 Å². The standard InChI is InChI=1S/C26H21NO5S/c1-19-12-14-23(15-13-19)33(29,30)32-25-17-22(16-24(27-25)21-10-6-3-7-11-21)26(28)31-18-20-8-4-2-5-9-20/h2-17H,18H2,1H3. The minimum absolute atomic E-state index is 0.00628. The molecule has 3 aromatic carbocycles. The molecule has 0 spiro atoms. The number of carbonyl (C=O) groups excluding carboxylic acids is 1. The monoisotopic (exact) mass is 459 g/mol. The van der Waals surface area contributed by atoms with Gasteiger partial charge in [0.25, 0.3) is 0 Å². The van der Waals surface area contributed by atoms with Gasteiger partial charge in [-0.3, -0.25) is 0 Å². The zero-order chi connectivity index (χ0) is 23.3. The highest BCUT2D eigenvalue weighted by molar-refractivity contribution is 7.87. The van der Waals surface area contributed by atoms with Crippen LogP contribution in [0.3, 0.4) is 0 Å². The second kappa shape index (κ2) is 9.67. The highest BCUT2D eigenvalue weighted by atomic mass is 32.2. The fourth-order valence-corrected chi connectivity index (χ4v) is 3.97. The van der Waals surface area contributed by atoms with E-state index in [1.807, 2.05) is 55.5 Å². The molecule has 33 heavy (non-hydrogen) atoms. The number of hydrogen-bond acceptors (Lipinski definition) is 6. The van der Waals surface area contributed by atoms with Gasteiger partial charge in [-0.2, -0.15) is 8.42 Å². The first kappa shape index (κ1) is 22.2. The highest BCUT2D eigenvalue weighted by Gasteiger charge is 2.20. The Bertz CT molecular complexity index is 1350. The molecule has 1 heterocycles. The molecule has 0 aliphatic carbocycles. The molecule has 0 aliphatic rings. The molecule has 0 atom stereocenters. The van der Waals surface area contributed by atoms with Crippen LogP contribution in [0.2, 0.25) is 0 Å². The molecule has 0 amide bonds. The largest absolute Gasteiger partial charge is 0.457 e. The van der Waals surface area contributed by atoms with Crippen LogP contribution in [0.4, 0.5) is 0 Å². The minimum Gasteiger partial charge on any atom is -0.457 e. The molecular formula is C26H21NO5S. The molecule has 0 radical (unpaired) electrons. The minimum atomic E-state index is -4.14. The van der Waals surface area contributed by atoms with Crippen molar-refractivity contribution in [3.63, 3.8) is 0 Å². The summed E-state index contributed by atoms with van der Waals surface area (Å²) in [6, 6.07) is 27.5. The predicted molar refractivity (Wildman–Crippen MR) is 124 cm³/mol. The van der Waals surface area contributed by atoms with E-state index in [2.05, 4.69) is 4.98 Å². The second-order valence-corrected chi connectivity index (χ2v) is 8.90. The summed E-state index contributed by atoms with van der Waals surface area (Å²) in [5.41, 5.74) is 2.98. The maximum atomic E-state index is 12.8. The Morgan fingerprint density at radius 2 is 1.48 bits per heavy atom. The molecule has 7 heteroatoms. The number of pyridine rings is 1. The van der Waals surface area contributed by atoms with Crippen LogP contribution >= 0.6 is 0 Å². The molecule has 0 unspecified atom stereocenters. The van der Waals surface area contributed by atoms with Crippen LogP contribution in [-0.2, 0) is 21.5 Å². The van der Waals surface area contributed by atoms with Crippen molar-refractivity contribution in [2.45, 2.75) is 18.4 Å². The summed E-state index contributed by atoms with van der Waals surface area (Å²) in [5.74, 6) is -0.834. The molecule has 1 aromatic heterocycles. The molecule has 0 fully saturated rings. The average Bonchev–Trinajstić information content (AvgIpc) is 2.83. The van der Waals surface area contributed by atoms with Crippen molar-refractivity contribution in [2.24, 2.45) is 0 Å². The van der Waals surface area contributed by atoms with Crippen molar-refractivity contribution in [3.8, 4) is 17.1 Å². The van der Waals surface area contributed by atoms with Crippen molar-refractivity contribution >= 4 is 16.1 Å². The van der Waals surface area contributed by atoms with Gasteiger partial charge < -0.3 is 8.92 Å². The van der Waals surface area contributed by atoms with Gasteiger partial charge in [0.2, 0.25) is 5.88 Å². The summed E-state index contributed by atoms with van der Waals surface area (Å²) in [4.78, 5) is 17.1. The number of rotatable bonds is 7. The maximum absolute atomic E-state index is 12.8. The number of aryl methyl sites for hydroxylation is 1. The Kier molecular flexibility index (Phi) is 6.51. The zero-order valence-electron chi connectivity index (χ0n) is 17.8. The van der Waals surface area contributed by atoms with Crippen molar-refractivity contribution in [1.29, 1.82) is 0 Å². The predicted octanol–water partition coefficient (Wildman–Crippen LogP) is 5.18. The molecular weight excluding hydrogens is 438 g/mol. The summed E-state index contributed by atoms with van der Waals surface area (Å²) in [7, 11) is -4.14. The molecule has 0 saturated heterocycles. The SMILES string of the molecule is Cc1ccc(S(=O)(=O)Oc2cc(C(=O)OCc3ccccc3)cc(-c3ccccc3)n2)cc1. The average molecular weight is 460 g/mol. The summed E-state index contributed by atoms with van der Waals surface area (Å²) < 4.78 is 36.3. The van der Waals surface area contributed by atoms with Crippen molar-refractivity contribution in [3.05, 3.63) is 114 Å². The first-order chi connectivity index (χ1) is 15.9. The second-order valence-electron chi connectivity index (χ2n) is 7.36. The van der Waals surface area contributed by atoms with Crippen LogP contribution in [0.25, 0.3) is 11.3 Å².